The molecule has 9 nitrogen and oxygen atoms in total. The molecular formula is C32H46N4O5. The van der Waals surface area contributed by atoms with Gasteiger partial charge in [-0.25, -0.2) is 0 Å². The average molecular weight is 567 g/mol. The Balaban J connectivity index is 1.32. The number of piperidine rings is 1. The molecule has 0 radical (unpaired) electrons. The van der Waals surface area contributed by atoms with Crippen molar-refractivity contribution in [1.29, 1.82) is 0 Å². The Kier molecular flexibility index (Phi) is 11.4. The summed E-state index contributed by atoms with van der Waals surface area (Å²) in [7, 11) is 3.27. The highest BCUT2D eigenvalue weighted by Crippen LogP contribution is 2.31. The van der Waals surface area contributed by atoms with Crippen molar-refractivity contribution in [2.24, 2.45) is 0 Å². The third kappa shape index (κ3) is 8.66. The van der Waals surface area contributed by atoms with Crippen LogP contribution < -0.4 is 14.8 Å². The first-order chi connectivity index (χ1) is 19.9. The minimum absolute atomic E-state index is 0.00412. The summed E-state index contributed by atoms with van der Waals surface area (Å²) in [6.45, 7) is 6.72. The van der Waals surface area contributed by atoms with Crippen molar-refractivity contribution >= 4 is 11.8 Å². The lowest BCUT2D eigenvalue weighted by atomic mass is 9.95. The minimum Gasteiger partial charge on any atom is -0.493 e. The summed E-state index contributed by atoms with van der Waals surface area (Å²) >= 11 is 0. The SMILES string of the molecule is COCCCOc1cc(C(=O)N(C(C)C)[C@@H]2CC[C@H](CCN(C(=O)Cc3cccnc3)C3CC3)NC2)ccc1OC. The Bertz CT molecular complexity index is 1120. The van der Waals surface area contributed by atoms with Gasteiger partial charge in [0, 0.05) is 75.4 Å². The second-order valence-corrected chi connectivity index (χ2v) is 11.3. The molecule has 1 saturated carbocycles. The fourth-order valence-electron chi connectivity index (χ4n) is 5.63. The molecule has 224 valence electrons. The molecule has 2 aromatic rings. The first-order valence-corrected chi connectivity index (χ1v) is 15.0. The molecule has 9 heteroatoms. The second kappa shape index (κ2) is 15.2. The number of amides is 2. The molecule has 2 amide bonds. The van der Waals surface area contributed by atoms with Crippen LogP contribution in [0.5, 0.6) is 11.5 Å². The molecule has 2 aliphatic rings. The Morgan fingerprint density at radius 1 is 1.05 bits per heavy atom. The number of hydrogen-bond acceptors (Lipinski definition) is 7. The van der Waals surface area contributed by atoms with Crippen molar-refractivity contribution in [3.8, 4) is 11.5 Å². The minimum atomic E-state index is -0.00412. The van der Waals surface area contributed by atoms with Gasteiger partial charge in [0.15, 0.2) is 11.5 Å². The maximum atomic E-state index is 13.8. The number of benzene rings is 1. The van der Waals surface area contributed by atoms with Gasteiger partial charge >= 0.3 is 0 Å². The summed E-state index contributed by atoms with van der Waals surface area (Å²) in [6.07, 6.45) is 9.65. The zero-order chi connectivity index (χ0) is 29.2. The molecule has 1 N–H and O–H groups in total. The first-order valence-electron chi connectivity index (χ1n) is 15.0. The molecule has 0 unspecified atom stereocenters. The predicted molar refractivity (Wildman–Crippen MR) is 158 cm³/mol. The van der Waals surface area contributed by atoms with E-state index in [4.69, 9.17) is 14.2 Å². The van der Waals surface area contributed by atoms with Crippen LogP contribution in [0.3, 0.4) is 0 Å². The fourth-order valence-corrected chi connectivity index (χ4v) is 5.63. The Morgan fingerprint density at radius 3 is 2.49 bits per heavy atom. The summed E-state index contributed by atoms with van der Waals surface area (Å²) < 4.78 is 16.5. The van der Waals surface area contributed by atoms with Crippen LogP contribution in [0, 0.1) is 0 Å². The van der Waals surface area contributed by atoms with Gasteiger partial charge in [0.1, 0.15) is 0 Å². The zero-order valence-corrected chi connectivity index (χ0v) is 25.0. The van der Waals surface area contributed by atoms with E-state index >= 15 is 0 Å². The highest BCUT2D eigenvalue weighted by atomic mass is 16.5. The Labute approximate surface area is 244 Å². The number of hydrogen-bond donors (Lipinski definition) is 1. The monoisotopic (exact) mass is 566 g/mol. The fraction of sp³-hybridized carbons (Fsp3) is 0.594. The first kappa shape index (κ1) is 30.8. The molecule has 0 spiro atoms. The van der Waals surface area contributed by atoms with Crippen LogP contribution in [-0.2, 0) is 16.0 Å². The van der Waals surface area contributed by atoms with Gasteiger partial charge in [0.25, 0.3) is 5.91 Å². The molecule has 1 aliphatic carbocycles. The zero-order valence-electron chi connectivity index (χ0n) is 25.0. The van der Waals surface area contributed by atoms with Gasteiger partial charge in [0.05, 0.1) is 20.1 Å². The van der Waals surface area contributed by atoms with Crippen LogP contribution in [-0.4, -0.2) is 91.3 Å². The summed E-state index contributed by atoms with van der Waals surface area (Å²) in [5, 5.41) is 3.69. The highest BCUT2D eigenvalue weighted by Gasteiger charge is 2.34. The molecule has 4 rings (SSSR count). The number of nitrogens with one attached hydrogen (secondary N) is 1. The lowest BCUT2D eigenvalue weighted by Crippen LogP contribution is -2.54. The van der Waals surface area contributed by atoms with Gasteiger partial charge in [-0.05, 0) is 75.8 Å². The van der Waals surface area contributed by atoms with Crippen LogP contribution in [0.2, 0.25) is 0 Å². The molecule has 0 bridgehead atoms. The quantitative estimate of drug-likeness (QED) is 0.325. The Morgan fingerprint density at radius 2 is 1.85 bits per heavy atom. The van der Waals surface area contributed by atoms with Gasteiger partial charge in [0.2, 0.25) is 5.91 Å². The van der Waals surface area contributed by atoms with Crippen molar-refractivity contribution in [1.82, 2.24) is 20.1 Å². The van der Waals surface area contributed by atoms with Gasteiger partial charge < -0.3 is 29.3 Å². The van der Waals surface area contributed by atoms with Crippen molar-refractivity contribution in [3.05, 3.63) is 53.9 Å². The van der Waals surface area contributed by atoms with Gasteiger partial charge in [-0.15, -0.1) is 0 Å². The number of rotatable bonds is 15. The van der Waals surface area contributed by atoms with E-state index < -0.39 is 0 Å². The summed E-state index contributed by atoms with van der Waals surface area (Å²) in [4.78, 5) is 35.0. The van der Waals surface area contributed by atoms with E-state index in [1.165, 1.54) is 0 Å². The lowest BCUT2D eigenvalue weighted by Gasteiger charge is -2.40. The number of carbonyl (C=O) groups excluding carboxylic acids is 2. The average Bonchev–Trinajstić information content (AvgIpc) is 3.82. The number of pyridine rings is 1. The molecule has 1 aliphatic heterocycles. The molecule has 1 aromatic carbocycles. The molecular weight excluding hydrogens is 520 g/mol. The van der Waals surface area contributed by atoms with Crippen molar-refractivity contribution in [2.75, 3.05) is 40.5 Å². The smallest absolute Gasteiger partial charge is 0.254 e. The van der Waals surface area contributed by atoms with Crippen LogP contribution in [0.4, 0.5) is 0 Å². The maximum absolute atomic E-state index is 13.8. The largest absolute Gasteiger partial charge is 0.493 e. The van der Waals surface area contributed by atoms with E-state index in [2.05, 4.69) is 29.0 Å². The van der Waals surface area contributed by atoms with E-state index in [0.717, 1.165) is 57.2 Å². The number of carbonyl (C=O) groups is 2. The van der Waals surface area contributed by atoms with Gasteiger partial charge in [-0.1, -0.05) is 6.07 Å². The van der Waals surface area contributed by atoms with Gasteiger partial charge in [-0.2, -0.15) is 0 Å². The number of methoxy groups -OCH3 is 2. The summed E-state index contributed by atoms with van der Waals surface area (Å²) in [5.41, 5.74) is 1.55. The summed E-state index contributed by atoms with van der Waals surface area (Å²) in [6, 6.07) is 10.1. The highest BCUT2D eigenvalue weighted by molar-refractivity contribution is 5.95. The molecule has 2 atom stereocenters. The van der Waals surface area contributed by atoms with E-state index in [1.54, 1.807) is 38.7 Å². The standard InChI is InChI=1S/C32H46N4O5/c1-23(2)36(32(38)25-8-13-29(40-4)30(20-25)41-18-6-17-39-3)28-10-9-26(34-22-28)14-16-35(27-11-12-27)31(37)19-24-7-5-15-33-21-24/h5,7-8,13,15,20-21,23,26-28,34H,6,9-12,14,16-19,22H2,1-4H3/t26-,28-/m1/s1. The van der Waals surface area contributed by atoms with Crippen LogP contribution in [0.15, 0.2) is 42.7 Å². The third-order valence-electron chi connectivity index (χ3n) is 7.94. The van der Waals surface area contributed by atoms with Crippen LogP contribution >= 0.6 is 0 Å². The molecule has 1 saturated heterocycles. The molecule has 2 fully saturated rings. The lowest BCUT2D eigenvalue weighted by molar-refractivity contribution is -0.131. The third-order valence-corrected chi connectivity index (χ3v) is 7.94. The molecule has 2 heterocycles. The van der Waals surface area contributed by atoms with Crippen LogP contribution in [0.1, 0.15) is 68.3 Å². The molecule has 41 heavy (non-hydrogen) atoms. The van der Waals surface area contributed by atoms with Crippen molar-refractivity contribution in [3.63, 3.8) is 0 Å². The number of ether oxygens (including phenoxy) is 3. The normalized spacial score (nSPS) is 18.7. The topological polar surface area (TPSA) is 93.2 Å². The van der Waals surface area contributed by atoms with E-state index in [-0.39, 0.29) is 23.9 Å². The van der Waals surface area contributed by atoms with Crippen LogP contribution in [0.25, 0.3) is 0 Å². The second-order valence-electron chi connectivity index (χ2n) is 11.3. The van der Waals surface area contributed by atoms with Crippen molar-refractivity contribution in [2.45, 2.75) is 83.0 Å². The van der Waals surface area contributed by atoms with E-state index in [1.807, 2.05) is 23.1 Å². The summed E-state index contributed by atoms with van der Waals surface area (Å²) in [5.74, 6) is 1.36. The number of nitrogens with zero attached hydrogens (tertiary/aromatic N) is 3. The van der Waals surface area contributed by atoms with E-state index in [9.17, 15) is 9.59 Å². The van der Waals surface area contributed by atoms with Gasteiger partial charge in [-0.3, -0.25) is 14.6 Å². The maximum Gasteiger partial charge on any atom is 0.254 e. The van der Waals surface area contributed by atoms with Crippen molar-refractivity contribution < 1.29 is 23.8 Å². The number of aromatic nitrogens is 1. The Hall–Kier alpha value is -3.17. The van der Waals surface area contributed by atoms with E-state index in [0.29, 0.717) is 48.8 Å². The predicted octanol–water partition coefficient (Wildman–Crippen LogP) is 4.10. The molecule has 1 aromatic heterocycles.